The van der Waals surface area contributed by atoms with Gasteiger partial charge in [-0.1, -0.05) is 30.3 Å². The minimum Gasteiger partial charge on any atom is -0.445 e. The molecule has 4 nitrogen and oxygen atoms in total. The highest BCUT2D eigenvalue weighted by Crippen LogP contribution is 2.20. The standard InChI is InChI=1S/C13H18N2O2/c14-11-7-4-8-12(11)17-13(16)15-9-10-5-2-1-3-6-10/h1-3,5-6,11-12H,4,7-9,14H2,(H,15,16)/t11-,12-/m1/s1. The van der Waals surface area contributed by atoms with Crippen molar-refractivity contribution >= 4 is 6.09 Å². The number of alkyl carbamates (subject to hydrolysis) is 1. The molecule has 1 aromatic rings. The molecule has 2 atom stereocenters. The van der Waals surface area contributed by atoms with Gasteiger partial charge in [-0.2, -0.15) is 0 Å². The molecule has 3 N–H and O–H groups in total. The lowest BCUT2D eigenvalue weighted by Crippen LogP contribution is -2.36. The third kappa shape index (κ3) is 3.46. The number of carbonyl (C=O) groups is 1. The smallest absolute Gasteiger partial charge is 0.407 e. The van der Waals surface area contributed by atoms with E-state index in [0.29, 0.717) is 6.54 Å². The van der Waals surface area contributed by atoms with Crippen LogP contribution in [0, 0.1) is 0 Å². The monoisotopic (exact) mass is 234 g/mol. The molecule has 2 rings (SSSR count). The topological polar surface area (TPSA) is 64.3 Å². The van der Waals surface area contributed by atoms with Gasteiger partial charge in [0.1, 0.15) is 6.10 Å². The van der Waals surface area contributed by atoms with Crippen LogP contribution in [0.1, 0.15) is 24.8 Å². The highest BCUT2D eigenvalue weighted by molar-refractivity contribution is 5.67. The van der Waals surface area contributed by atoms with Crippen molar-refractivity contribution in [3.8, 4) is 0 Å². The summed E-state index contributed by atoms with van der Waals surface area (Å²) in [7, 11) is 0. The van der Waals surface area contributed by atoms with E-state index in [1.807, 2.05) is 30.3 Å². The number of benzene rings is 1. The van der Waals surface area contributed by atoms with Gasteiger partial charge in [-0.15, -0.1) is 0 Å². The second-order valence-corrected chi connectivity index (χ2v) is 4.38. The van der Waals surface area contributed by atoms with Crippen molar-refractivity contribution in [1.82, 2.24) is 5.32 Å². The Balaban J connectivity index is 1.74. The SMILES string of the molecule is N[C@@H]1CCC[C@H]1OC(=O)NCc1ccccc1. The van der Waals surface area contributed by atoms with E-state index >= 15 is 0 Å². The first kappa shape index (κ1) is 11.9. The predicted molar refractivity (Wildman–Crippen MR) is 65.4 cm³/mol. The Labute approximate surface area is 101 Å². The molecule has 1 aliphatic rings. The first-order valence-corrected chi connectivity index (χ1v) is 5.99. The van der Waals surface area contributed by atoms with E-state index in [0.717, 1.165) is 24.8 Å². The van der Waals surface area contributed by atoms with E-state index in [9.17, 15) is 4.79 Å². The summed E-state index contributed by atoms with van der Waals surface area (Å²) in [4.78, 5) is 11.5. The van der Waals surface area contributed by atoms with E-state index in [1.54, 1.807) is 0 Å². The highest BCUT2D eigenvalue weighted by atomic mass is 16.6. The Morgan fingerprint density at radius 1 is 1.35 bits per heavy atom. The largest absolute Gasteiger partial charge is 0.445 e. The van der Waals surface area contributed by atoms with Gasteiger partial charge in [0.25, 0.3) is 0 Å². The highest BCUT2D eigenvalue weighted by Gasteiger charge is 2.27. The van der Waals surface area contributed by atoms with Crippen molar-refractivity contribution in [2.45, 2.75) is 38.0 Å². The van der Waals surface area contributed by atoms with Gasteiger partial charge in [0.2, 0.25) is 0 Å². The molecule has 0 unspecified atom stereocenters. The maximum absolute atomic E-state index is 11.5. The lowest BCUT2D eigenvalue weighted by atomic mass is 10.2. The second-order valence-electron chi connectivity index (χ2n) is 4.38. The summed E-state index contributed by atoms with van der Waals surface area (Å²) >= 11 is 0. The van der Waals surface area contributed by atoms with Crippen molar-refractivity contribution in [3.63, 3.8) is 0 Å². The van der Waals surface area contributed by atoms with E-state index < -0.39 is 0 Å². The van der Waals surface area contributed by atoms with E-state index in [-0.39, 0.29) is 18.2 Å². The quantitative estimate of drug-likeness (QED) is 0.838. The number of amides is 1. The fraction of sp³-hybridized carbons (Fsp3) is 0.462. The van der Waals surface area contributed by atoms with Crippen LogP contribution in [-0.4, -0.2) is 18.2 Å². The van der Waals surface area contributed by atoms with Crippen molar-refractivity contribution in [2.75, 3.05) is 0 Å². The number of hydrogen-bond donors (Lipinski definition) is 2. The molecule has 0 spiro atoms. The van der Waals surface area contributed by atoms with Gasteiger partial charge in [0.15, 0.2) is 0 Å². The lowest BCUT2D eigenvalue weighted by molar-refractivity contribution is 0.0922. The van der Waals surface area contributed by atoms with Crippen LogP contribution in [0.5, 0.6) is 0 Å². The minimum absolute atomic E-state index is 0.00234. The van der Waals surface area contributed by atoms with Gasteiger partial charge in [-0.05, 0) is 24.8 Å². The number of rotatable bonds is 3. The molecule has 0 aromatic heterocycles. The maximum Gasteiger partial charge on any atom is 0.407 e. The molecule has 1 aromatic carbocycles. The van der Waals surface area contributed by atoms with Gasteiger partial charge in [-0.25, -0.2) is 4.79 Å². The van der Waals surface area contributed by atoms with Crippen molar-refractivity contribution < 1.29 is 9.53 Å². The van der Waals surface area contributed by atoms with Crippen LogP contribution in [0.2, 0.25) is 0 Å². The minimum atomic E-state index is -0.379. The summed E-state index contributed by atoms with van der Waals surface area (Å²) in [5.74, 6) is 0. The van der Waals surface area contributed by atoms with Crippen LogP contribution >= 0.6 is 0 Å². The molecule has 4 heteroatoms. The molecule has 0 heterocycles. The van der Waals surface area contributed by atoms with E-state index in [2.05, 4.69) is 5.32 Å². The van der Waals surface area contributed by atoms with Gasteiger partial charge in [0, 0.05) is 12.6 Å². The molecule has 92 valence electrons. The normalized spacial score (nSPS) is 23.4. The van der Waals surface area contributed by atoms with E-state index in [4.69, 9.17) is 10.5 Å². The molecule has 17 heavy (non-hydrogen) atoms. The molecular weight excluding hydrogens is 216 g/mol. The second kappa shape index (κ2) is 5.68. The van der Waals surface area contributed by atoms with Crippen LogP contribution in [0.15, 0.2) is 30.3 Å². The third-order valence-corrected chi connectivity index (χ3v) is 3.04. The molecule has 0 aliphatic heterocycles. The molecule has 1 saturated carbocycles. The van der Waals surface area contributed by atoms with Gasteiger partial charge < -0.3 is 15.8 Å². The summed E-state index contributed by atoms with van der Waals surface area (Å²) in [5, 5.41) is 2.73. The summed E-state index contributed by atoms with van der Waals surface area (Å²) in [6.07, 6.45) is 2.36. The number of nitrogens with one attached hydrogen (secondary N) is 1. The summed E-state index contributed by atoms with van der Waals surface area (Å²) in [5.41, 5.74) is 6.89. The summed E-state index contributed by atoms with van der Waals surface area (Å²) < 4.78 is 5.27. The molecule has 1 amide bonds. The predicted octanol–water partition coefficient (Wildman–Crippen LogP) is 1.79. The van der Waals surface area contributed by atoms with E-state index in [1.165, 1.54) is 0 Å². The van der Waals surface area contributed by atoms with Crippen molar-refractivity contribution in [2.24, 2.45) is 5.73 Å². The van der Waals surface area contributed by atoms with Crippen LogP contribution in [0.4, 0.5) is 4.79 Å². The number of nitrogens with two attached hydrogens (primary N) is 1. The number of carbonyl (C=O) groups excluding carboxylic acids is 1. The van der Waals surface area contributed by atoms with Crippen LogP contribution < -0.4 is 11.1 Å². The van der Waals surface area contributed by atoms with Gasteiger partial charge in [0.05, 0.1) is 0 Å². The van der Waals surface area contributed by atoms with Crippen LogP contribution in [0.25, 0.3) is 0 Å². The summed E-state index contributed by atoms with van der Waals surface area (Å²) in [6.45, 7) is 0.488. The zero-order valence-electron chi connectivity index (χ0n) is 9.76. The number of ether oxygens (including phenoxy) is 1. The third-order valence-electron chi connectivity index (χ3n) is 3.04. The molecule has 1 fully saturated rings. The maximum atomic E-state index is 11.5. The van der Waals surface area contributed by atoms with Crippen LogP contribution in [0.3, 0.4) is 0 Å². The van der Waals surface area contributed by atoms with Crippen LogP contribution in [-0.2, 0) is 11.3 Å². The first-order valence-electron chi connectivity index (χ1n) is 5.99. The Bertz CT molecular complexity index is 367. The van der Waals surface area contributed by atoms with Crippen molar-refractivity contribution in [3.05, 3.63) is 35.9 Å². The Morgan fingerprint density at radius 2 is 2.12 bits per heavy atom. The summed E-state index contributed by atoms with van der Waals surface area (Å²) in [6, 6.07) is 9.74. The Hall–Kier alpha value is -1.55. The first-order chi connectivity index (χ1) is 8.25. The van der Waals surface area contributed by atoms with Crippen molar-refractivity contribution in [1.29, 1.82) is 0 Å². The molecule has 0 radical (unpaired) electrons. The number of hydrogen-bond acceptors (Lipinski definition) is 3. The van der Waals surface area contributed by atoms with Gasteiger partial charge in [-0.3, -0.25) is 0 Å². The van der Waals surface area contributed by atoms with Gasteiger partial charge >= 0.3 is 6.09 Å². The zero-order chi connectivity index (χ0) is 12.1. The molecule has 1 aliphatic carbocycles. The molecular formula is C13H18N2O2. The Morgan fingerprint density at radius 3 is 2.76 bits per heavy atom. The average molecular weight is 234 g/mol. The average Bonchev–Trinajstić information content (AvgIpc) is 2.74. The lowest BCUT2D eigenvalue weighted by Gasteiger charge is -2.16. The Kier molecular flexibility index (Phi) is 3.98. The fourth-order valence-corrected chi connectivity index (χ4v) is 2.05. The zero-order valence-corrected chi connectivity index (χ0v) is 9.76. The molecule has 0 saturated heterocycles. The molecule has 0 bridgehead atoms. The fourth-order valence-electron chi connectivity index (χ4n) is 2.05.